The van der Waals surface area contributed by atoms with E-state index in [1.807, 2.05) is 0 Å². The molecule has 0 aliphatic carbocycles. The highest BCUT2D eigenvalue weighted by molar-refractivity contribution is 7.90. The Labute approximate surface area is 116 Å². The van der Waals surface area contributed by atoms with E-state index in [0.717, 1.165) is 6.26 Å². The number of hydrogen-bond acceptors (Lipinski definition) is 4. The zero-order valence-electron chi connectivity index (χ0n) is 11.3. The number of aromatic nitrogens is 2. The van der Waals surface area contributed by atoms with Crippen molar-refractivity contribution in [3.63, 3.8) is 0 Å². The van der Waals surface area contributed by atoms with Crippen molar-refractivity contribution in [3.8, 4) is 5.69 Å². The highest BCUT2D eigenvalue weighted by Gasteiger charge is 2.23. The van der Waals surface area contributed by atoms with E-state index in [9.17, 15) is 18.3 Å². The molecule has 0 aliphatic heterocycles. The van der Waals surface area contributed by atoms with Crippen LogP contribution in [0.4, 0.5) is 0 Å². The summed E-state index contributed by atoms with van der Waals surface area (Å²) in [5, 5.41) is 9.19. The fourth-order valence-electron chi connectivity index (χ4n) is 2.09. The number of carboxylic acid groups (broad SMARTS) is 1. The predicted octanol–water partition coefficient (Wildman–Crippen LogP) is 1.59. The average molecular weight is 294 g/mol. The fourth-order valence-corrected chi connectivity index (χ4v) is 3.03. The van der Waals surface area contributed by atoms with Crippen LogP contribution in [-0.2, 0) is 9.84 Å². The van der Waals surface area contributed by atoms with Crippen LogP contribution in [0.5, 0.6) is 0 Å². The molecule has 1 N–H and O–H groups in total. The quantitative estimate of drug-likeness (QED) is 0.928. The summed E-state index contributed by atoms with van der Waals surface area (Å²) in [5.41, 5.74) is 1.57. The topological polar surface area (TPSA) is 89.3 Å². The van der Waals surface area contributed by atoms with Crippen LogP contribution in [0, 0.1) is 13.8 Å². The van der Waals surface area contributed by atoms with Gasteiger partial charge in [-0.2, -0.15) is 0 Å². The van der Waals surface area contributed by atoms with Gasteiger partial charge in [0.1, 0.15) is 0 Å². The smallest absolute Gasteiger partial charge is 0.336 e. The molecule has 7 heteroatoms. The van der Waals surface area contributed by atoms with Crippen LogP contribution in [0.3, 0.4) is 0 Å². The van der Waals surface area contributed by atoms with Gasteiger partial charge in [-0.3, -0.25) is 0 Å². The number of carboxylic acids is 1. The van der Waals surface area contributed by atoms with Crippen LogP contribution in [0.1, 0.15) is 21.5 Å². The molecule has 0 radical (unpaired) electrons. The lowest BCUT2D eigenvalue weighted by atomic mass is 10.0. The zero-order chi connectivity index (χ0) is 15.1. The summed E-state index contributed by atoms with van der Waals surface area (Å²) >= 11 is 0. The molecule has 0 amide bonds. The Morgan fingerprint density at radius 1 is 1.30 bits per heavy atom. The van der Waals surface area contributed by atoms with Crippen LogP contribution in [0.25, 0.3) is 5.69 Å². The molecule has 0 fully saturated rings. The first kappa shape index (κ1) is 14.3. The molecule has 0 atom stereocenters. The summed E-state index contributed by atoms with van der Waals surface area (Å²) in [6.07, 6.45) is 5.70. The first-order valence-electron chi connectivity index (χ1n) is 5.79. The Hall–Kier alpha value is -2.15. The number of benzene rings is 1. The van der Waals surface area contributed by atoms with Crippen molar-refractivity contribution in [1.29, 1.82) is 0 Å². The van der Waals surface area contributed by atoms with Gasteiger partial charge in [-0.25, -0.2) is 18.2 Å². The van der Waals surface area contributed by atoms with Crippen LogP contribution < -0.4 is 0 Å². The van der Waals surface area contributed by atoms with Gasteiger partial charge in [-0.15, -0.1) is 0 Å². The summed E-state index contributed by atoms with van der Waals surface area (Å²) in [7, 11) is -3.57. The molecule has 2 rings (SSSR count). The molecule has 0 spiro atoms. The summed E-state index contributed by atoms with van der Waals surface area (Å²) in [4.78, 5) is 15.1. The minimum Gasteiger partial charge on any atom is -0.478 e. The maximum absolute atomic E-state index is 12.0. The van der Waals surface area contributed by atoms with Gasteiger partial charge in [0, 0.05) is 18.6 Å². The minimum absolute atomic E-state index is 0.00760. The van der Waals surface area contributed by atoms with Gasteiger partial charge < -0.3 is 9.67 Å². The third-order valence-corrected chi connectivity index (χ3v) is 4.33. The van der Waals surface area contributed by atoms with Gasteiger partial charge in [0.25, 0.3) is 0 Å². The first-order valence-corrected chi connectivity index (χ1v) is 7.68. The normalized spacial score (nSPS) is 11.6. The standard InChI is InChI=1S/C13H14N2O4S/c1-8-9(2)12(15-5-4-14-7-15)11(20(3,18)19)6-10(8)13(16)17/h4-7H,1-3H3,(H,16,17). The van der Waals surface area contributed by atoms with E-state index >= 15 is 0 Å². The van der Waals surface area contributed by atoms with Gasteiger partial charge in [0.2, 0.25) is 0 Å². The highest BCUT2D eigenvalue weighted by Crippen LogP contribution is 2.29. The summed E-state index contributed by atoms with van der Waals surface area (Å²) in [6, 6.07) is 1.20. The van der Waals surface area contributed by atoms with Crippen molar-refractivity contribution in [2.75, 3.05) is 6.26 Å². The highest BCUT2D eigenvalue weighted by atomic mass is 32.2. The molecule has 106 valence electrons. The lowest BCUT2D eigenvalue weighted by Gasteiger charge is -2.16. The van der Waals surface area contributed by atoms with Gasteiger partial charge in [0.05, 0.1) is 22.5 Å². The largest absolute Gasteiger partial charge is 0.478 e. The monoisotopic (exact) mass is 294 g/mol. The number of sulfone groups is 1. The van der Waals surface area contributed by atoms with E-state index in [2.05, 4.69) is 4.98 Å². The van der Waals surface area contributed by atoms with Crippen molar-refractivity contribution in [1.82, 2.24) is 9.55 Å². The van der Waals surface area contributed by atoms with E-state index < -0.39 is 15.8 Å². The van der Waals surface area contributed by atoms with E-state index in [1.54, 1.807) is 24.6 Å². The Balaban J connectivity index is 2.93. The molecule has 0 saturated heterocycles. The van der Waals surface area contributed by atoms with Crippen molar-refractivity contribution < 1.29 is 18.3 Å². The molecule has 0 bridgehead atoms. The number of hydrogen-bond donors (Lipinski definition) is 1. The molecule has 0 aliphatic rings. The third kappa shape index (κ3) is 2.32. The minimum atomic E-state index is -3.57. The molecule has 6 nitrogen and oxygen atoms in total. The molecular formula is C13H14N2O4S. The second-order valence-electron chi connectivity index (χ2n) is 4.57. The lowest BCUT2D eigenvalue weighted by molar-refractivity contribution is 0.0695. The van der Waals surface area contributed by atoms with Gasteiger partial charge in [-0.05, 0) is 31.0 Å². The average Bonchev–Trinajstić information content (AvgIpc) is 2.83. The number of imidazole rings is 1. The SMILES string of the molecule is Cc1c(C(=O)O)cc(S(C)(=O)=O)c(-n2ccnc2)c1C. The fraction of sp³-hybridized carbons (Fsp3) is 0.231. The number of aromatic carboxylic acids is 1. The molecule has 0 unspecified atom stereocenters. The Morgan fingerprint density at radius 3 is 2.40 bits per heavy atom. The van der Waals surface area contributed by atoms with Gasteiger partial charge in [0.15, 0.2) is 9.84 Å². The van der Waals surface area contributed by atoms with Crippen molar-refractivity contribution in [2.45, 2.75) is 18.7 Å². The van der Waals surface area contributed by atoms with Gasteiger partial charge in [-0.1, -0.05) is 0 Å². The molecular weight excluding hydrogens is 280 g/mol. The second kappa shape index (κ2) is 4.75. The molecule has 1 aromatic heterocycles. The summed E-state index contributed by atoms with van der Waals surface area (Å²) < 4.78 is 25.5. The van der Waals surface area contributed by atoms with Gasteiger partial charge >= 0.3 is 5.97 Å². The summed E-state index contributed by atoms with van der Waals surface area (Å²) in [6.45, 7) is 3.36. The van der Waals surface area contributed by atoms with E-state index in [1.165, 1.54) is 18.6 Å². The Kier molecular flexibility index (Phi) is 3.39. The van der Waals surface area contributed by atoms with E-state index in [0.29, 0.717) is 16.8 Å². The Bertz CT molecular complexity index is 777. The van der Waals surface area contributed by atoms with Crippen molar-refractivity contribution in [3.05, 3.63) is 41.5 Å². The Morgan fingerprint density at radius 2 is 1.95 bits per heavy atom. The number of rotatable bonds is 3. The zero-order valence-corrected chi connectivity index (χ0v) is 12.1. The molecule has 1 aromatic carbocycles. The maximum Gasteiger partial charge on any atom is 0.336 e. The van der Waals surface area contributed by atoms with Crippen molar-refractivity contribution in [2.24, 2.45) is 0 Å². The van der Waals surface area contributed by atoms with Crippen LogP contribution in [0.15, 0.2) is 29.7 Å². The molecule has 20 heavy (non-hydrogen) atoms. The number of nitrogens with zero attached hydrogens (tertiary/aromatic N) is 2. The van der Waals surface area contributed by atoms with Crippen LogP contribution in [0.2, 0.25) is 0 Å². The summed E-state index contributed by atoms with van der Waals surface area (Å²) in [5.74, 6) is -1.15. The van der Waals surface area contributed by atoms with E-state index in [4.69, 9.17) is 0 Å². The first-order chi connectivity index (χ1) is 9.23. The molecule has 1 heterocycles. The van der Waals surface area contributed by atoms with Crippen molar-refractivity contribution >= 4 is 15.8 Å². The predicted molar refractivity (Wildman–Crippen MR) is 73.1 cm³/mol. The van der Waals surface area contributed by atoms with Crippen LogP contribution in [-0.4, -0.2) is 35.3 Å². The second-order valence-corrected chi connectivity index (χ2v) is 6.55. The molecule has 0 saturated carbocycles. The number of carbonyl (C=O) groups is 1. The lowest BCUT2D eigenvalue weighted by Crippen LogP contribution is -2.12. The maximum atomic E-state index is 12.0. The van der Waals surface area contributed by atoms with Crippen LogP contribution >= 0.6 is 0 Å². The third-order valence-electron chi connectivity index (χ3n) is 3.22. The molecule has 2 aromatic rings. The van der Waals surface area contributed by atoms with E-state index in [-0.39, 0.29) is 10.5 Å².